The summed E-state index contributed by atoms with van der Waals surface area (Å²) in [6.45, 7) is 6.38. The van der Waals surface area contributed by atoms with E-state index in [1.807, 2.05) is 0 Å². The number of likely N-dealkylation sites (tertiary alicyclic amines) is 1. The molecule has 132 valence electrons. The Morgan fingerprint density at radius 2 is 1.58 bits per heavy atom. The van der Waals surface area contributed by atoms with Gasteiger partial charge in [-0.1, -0.05) is 13.8 Å². The number of alkyl halides is 3. The molecule has 0 radical (unpaired) electrons. The molecule has 0 aliphatic carbocycles. The first-order chi connectivity index (χ1) is 11.0. The summed E-state index contributed by atoms with van der Waals surface area (Å²) in [5.41, 5.74) is 0.433. The number of halogens is 3. The van der Waals surface area contributed by atoms with Gasteiger partial charge in [0, 0.05) is 42.7 Å². The number of rotatable bonds is 2. The molecule has 0 unspecified atom stereocenters. The Balaban J connectivity index is 1.74. The molecule has 2 saturated heterocycles. The third-order valence-corrected chi connectivity index (χ3v) is 5.32. The summed E-state index contributed by atoms with van der Waals surface area (Å²) in [4.78, 5) is 14.8. The second-order valence-corrected chi connectivity index (χ2v) is 7.16. The normalized spacial score (nSPS) is 29.7. The smallest absolute Gasteiger partial charge is 0.465 e. The number of fused-ring (bicyclic) bond motifs is 1. The molecule has 5 nitrogen and oxygen atoms in total. The topological polar surface area (TPSA) is 53.0 Å². The van der Waals surface area contributed by atoms with E-state index in [0.717, 1.165) is 5.69 Å². The van der Waals surface area contributed by atoms with Gasteiger partial charge in [-0.3, -0.25) is 0 Å². The third-order valence-electron chi connectivity index (χ3n) is 5.32. The standard InChI is InChI=1S/C16H19F3N2O3/c1-14-7-20(8-15(14,2)10-21(9-14)13(22)23)11-3-5-12(6-4-11)24-16(17,18)19/h3-6H,7-10H2,1-2H3,(H,22,23)/t14-,15+. The monoisotopic (exact) mass is 344 g/mol. The largest absolute Gasteiger partial charge is 0.573 e. The number of anilines is 1. The Bertz CT molecular complexity index is 629. The molecule has 8 heteroatoms. The van der Waals surface area contributed by atoms with Gasteiger partial charge in [-0.25, -0.2) is 4.79 Å². The number of ether oxygens (including phenoxy) is 1. The molecule has 0 aromatic heterocycles. The zero-order valence-corrected chi connectivity index (χ0v) is 13.4. The molecule has 1 aromatic rings. The minimum absolute atomic E-state index is 0.188. The van der Waals surface area contributed by atoms with Crippen LogP contribution in [0.1, 0.15) is 13.8 Å². The fourth-order valence-corrected chi connectivity index (χ4v) is 3.84. The van der Waals surface area contributed by atoms with Gasteiger partial charge in [0.05, 0.1) is 0 Å². The van der Waals surface area contributed by atoms with E-state index >= 15 is 0 Å². The molecule has 2 fully saturated rings. The average molecular weight is 344 g/mol. The van der Waals surface area contributed by atoms with Gasteiger partial charge in [-0.2, -0.15) is 0 Å². The van der Waals surface area contributed by atoms with E-state index in [-0.39, 0.29) is 16.6 Å². The molecular weight excluding hydrogens is 325 g/mol. The van der Waals surface area contributed by atoms with E-state index < -0.39 is 12.5 Å². The summed E-state index contributed by atoms with van der Waals surface area (Å²) in [7, 11) is 0. The van der Waals surface area contributed by atoms with Gasteiger partial charge < -0.3 is 19.6 Å². The molecule has 1 amide bonds. The summed E-state index contributed by atoms with van der Waals surface area (Å²) in [5, 5.41) is 9.21. The Kier molecular flexibility index (Phi) is 3.62. The van der Waals surface area contributed by atoms with Crippen LogP contribution in [-0.2, 0) is 0 Å². The third kappa shape index (κ3) is 2.85. The lowest BCUT2D eigenvalue weighted by Gasteiger charge is -2.29. The van der Waals surface area contributed by atoms with Crippen LogP contribution < -0.4 is 9.64 Å². The predicted octanol–water partition coefficient (Wildman–Crippen LogP) is 3.41. The number of carbonyl (C=O) groups is 1. The van der Waals surface area contributed by atoms with E-state index in [2.05, 4.69) is 23.5 Å². The molecule has 2 aliphatic rings. The summed E-state index contributed by atoms with van der Waals surface area (Å²) in [6, 6.07) is 5.80. The summed E-state index contributed by atoms with van der Waals surface area (Å²) in [5.74, 6) is -0.250. The molecule has 24 heavy (non-hydrogen) atoms. The first kappa shape index (κ1) is 16.7. The lowest BCUT2D eigenvalue weighted by atomic mass is 9.71. The highest BCUT2D eigenvalue weighted by atomic mass is 19.4. The number of hydrogen-bond acceptors (Lipinski definition) is 3. The number of carboxylic acid groups (broad SMARTS) is 1. The number of benzene rings is 1. The van der Waals surface area contributed by atoms with Crippen LogP contribution >= 0.6 is 0 Å². The van der Waals surface area contributed by atoms with Crippen LogP contribution in [0.3, 0.4) is 0 Å². The van der Waals surface area contributed by atoms with Crippen LogP contribution in [-0.4, -0.2) is 48.6 Å². The van der Waals surface area contributed by atoms with Crippen molar-refractivity contribution in [2.24, 2.45) is 10.8 Å². The van der Waals surface area contributed by atoms with E-state index in [9.17, 15) is 23.1 Å². The highest BCUT2D eigenvalue weighted by Crippen LogP contribution is 2.52. The number of hydrogen-bond donors (Lipinski definition) is 1. The molecule has 3 rings (SSSR count). The minimum atomic E-state index is -4.70. The van der Waals surface area contributed by atoms with Gasteiger partial charge >= 0.3 is 12.5 Å². The van der Waals surface area contributed by atoms with Gasteiger partial charge in [0.25, 0.3) is 0 Å². The van der Waals surface area contributed by atoms with Crippen molar-refractivity contribution in [1.29, 1.82) is 0 Å². The molecule has 0 spiro atoms. The van der Waals surface area contributed by atoms with Crippen molar-refractivity contribution in [1.82, 2.24) is 4.90 Å². The molecule has 1 aromatic carbocycles. The first-order valence-electron chi connectivity index (χ1n) is 7.60. The maximum absolute atomic E-state index is 12.2. The van der Waals surface area contributed by atoms with E-state index in [1.54, 1.807) is 12.1 Å². The molecule has 2 atom stereocenters. The van der Waals surface area contributed by atoms with Crippen molar-refractivity contribution >= 4 is 11.8 Å². The number of nitrogens with zero attached hydrogens (tertiary/aromatic N) is 2. The second kappa shape index (κ2) is 5.19. The van der Waals surface area contributed by atoms with Crippen LogP contribution in [0.25, 0.3) is 0 Å². The fourth-order valence-electron chi connectivity index (χ4n) is 3.84. The van der Waals surface area contributed by atoms with Crippen molar-refractivity contribution in [3.05, 3.63) is 24.3 Å². The number of amides is 1. The maximum atomic E-state index is 12.2. The van der Waals surface area contributed by atoms with Gasteiger partial charge in [-0.15, -0.1) is 13.2 Å². The van der Waals surface area contributed by atoms with Gasteiger partial charge in [-0.05, 0) is 24.3 Å². The zero-order chi connectivity index (χ0) is 17.8. The molecule has 2 aliphatic heterocycles. The molecule has 0 bridgehead atoms. The van der Waals surface area contributed by atoms with Crippen molar-refractivity contribution in [3.63, 3.8) is 0 Å². The Morgan fingerprint density at radius 3 is 2.00 bits per heavy atom. The Hall–Kier alpha value is -2.12. The Morgan fingerprint density at radius 1 is 1.08 bits per heavy atom. The van der Waals surface area contributed by atoms with E-state index in [0.29, 0.717) is 26.2 Å². The maximum Gasteiger partial charge on any atom is 0.573 e. The highest BCUT2D eigenvalue weighted by Gasteiger charge is 2.58. The highest BCUT2D eigenvalue weighted by molar-refractivity contribution is 5.66. The molecule has 1 N–H and O–H groups in total. The van der Waals surface area contributed by atoms with Crippen LogP contribution in [0, 0.1) is 10.8 Å². The van der Waals surface area contributed by atoms with E-state index in [1.165, 1.54) is 17.0 Å². The summed E-state index contributed by atoms with van der Waals surface area (Å²) >= 11 is 0. The Labute approximate surface area is 137 Å². The van der Waals surface area contributed by atoms with Crippen LogP contribution in [0.2, 0.25) is 0 Å². The SMILES string of the molecule is C[C@@]12CN(C(=O)O)C[C@]1(C)CN(c1ccc(OC(F)(F)F)cc1)C2. The fraction of sp³-hybridized carbons (Fsp3) is 0.562. The van der Waals surface area contributed by atoms with Crippen LogP contribution in [0.15, 0.2) is 24.3 Å². The van der Waals surface area contributed by atoms with Crippen molar-refractivity contribution < 1.29 is 27.8 Å². The predicted molar refractivity (Wildman–Crippen MR) is 81.1 cm³/mol. The van der Waals surface area contributed by atoms with Gasteiger partial charge in [0.2, 0.25) is 0 Å². The lowest BCUT2D eigenvalue weighted by molar-refractivity contribution is -0.274. The minimum Gasteiger partial charge on any atom is -0.465 e. The van der Waals surface area contributed by atoms with Crippen molar-refractivity contribution in [3.8, 4) is 5.75 Å². The second-order valence-electron chi connectivity index (χ2n) is 7.16. The van der Waals surface area contributed by atoms with Crippen LogP contribution in [0.4, 0.5) is 23.7 Å². The first-order valence-corrected chi connectivity index (χ1v) is 7.60. The molecule has 0 saturated carbocycles. The summed E-state index contributed by atoms with van der Waals surface area (Å²) < 4.78 is 40.5. The van der Waals surface area contributed by atoms with Gasteiger partial charge in [0.1, 0.15) is 5.75 Å². The van der Waals surface area contributed by atoms with Crippen molar-refractivity contribution in [2.45, 2.75) is 20.2 Å². The quantitative estimate of drug-likeness (QED) is 0.893. The average Bonchev–Trinajstić information content (AvgIpc) is 2.83. The zero-order valence-electron chi connectivity index (χ0n) is 13.4. The van der Waals surface area contributed by atoms with E-state index in [4.69, 9.17) is 0 Å². The van der Waals surface area contributed by atoms with Crippen molar-refractivity contribution in [2.75, 3.05) is 31.1 Å². The lowest BCUT2D eigenvalue weighted by Crippen LogP contribution is -2.34. The molecule has 2 heterocycles. The van der Waals surface area contributed by atoms with Gasteiger partial charge in [0.15, 0.2) is 0 Å². The molecular formula is C16H19F3N2O3. The van der Waals surface area contributed by atoms with Crippen LogP contribution in [0.5, 0.6) is 5.75 Å². The summed E-state index contributed by atoms with van der Waals surface area (Å²) in [6.07, 6.45) is -5.61.